The fourth-order valence-electron chi connectivity index (χ4n) is 3.25. The van der Waals surface area contributed by atoms with Gasteiger partial charge in [-0.25, -0.2) is 8.42 Å². The summed E-state index contributed by atoms with van der Waals surface area (Å²) in [6, 6.07) is 0.426. The van der Waals surface area contributed by atoms with Crippen LogP contribution >= 0.6 is 0 Å². The van der Waals surface area contributed by atoms with Crippen LogP contribution in [-0.4, -0.2) is 61.2 Å². The Balaban J connectivity index is 1.99. The van der Waals surface area contributed by atoms with Gasteiger partial charge in [0.25, 0.3) is 0 Å². The van der Waals surface area contributed by atoms with Crippen molar-refractivity contribution in [2.24, 2.45) is 5.73 Å². The fraction of sp³-hybridized carbons (Fsp3) is 1.00. The number of nitrogens with two attached hydrogens (primary N) is 1. The number of hydrogen-bond acceptors (Lipinski definition) is 5. The molecule has 1 heterocycles. The van der Waals surface area contributed by atoms with Gasteiger partial charge in [-0.3, -0.25) is 4.90 Å². The monoisotopic (exact) mass is 276 g/mol. The summed E-state index contributed by atoms with van der Waals surface area (Å²) in [5.41, 5.74) is 5.67. The lowest BCUT2D eigenvalue weighted by Crippen LogP contribution is -2.54. The van der Waals surface area contributed by atoms with E-state index in [1.807, 2.05) is 7.05 Å². The Kier molecular flexibility index (Phi) is 4.02. The molecule has 0 aromatic heterocycles. The standard InChI is InChI=1S/C12H24N2O3S/c1-14(11-4-6-18(16,17)8-11)10-3-2-5-12(13,7-10)9-15/h10-11,15H,2-9,13H2,1H3. The molecule has 6 heteroatoms. The molecule has 2 fully saturated rings. The molecule has 5 nitrogen and oxygen atoms in total. The Morgan fingerprint density at radius 1 is 1.39 bits per heavy atom. The van der Waals surface area contributed by atoms with E-state index >= 15 is 0 Å². The number of hydrogen-bond donors (Lipinski definition) is 2. The van der Waals surface area contributed by atoms with Gasteiger partial charge in [-0.05, 0) is 39.2 Å². The van der Waals surface area contributed by atoms with Crippen LogP contribution in [0.5, 0.6) is 0 Å². The Bertz CT molecular complexity index is 398. The summed E-state index contributed by atoms with van der Waals surface area (Å²) in [5, 5.41) is 9.36. The zero-order chi connectivity index (χ0) is 13.4. The lowest BCUT2D eigenvalue weighted by Gasteiger charge is -2.42. The van der Waals surface area contributed by atoms with Gasteiger partial charge >= 0.3 is 0 Å². The van der Waals surface area contributed by atoms with Crippen LogP contribution in [0.4, 0.5) is 0 Å². The number of rotatable bonds is 3. The minimum Gasteiger partial charge on any atom is -0.394 e. The molecular weight excluding hydrogens is 252 g/mol. The summed E-state index contributed by atoms with van der Waals surface area (Å²) in [4.78, 5) is 2.18. The number of sulfone groups is 1. The molecule has 1 saturated carbocycles. The summed E-state index contributed by atoms with van der Waals surface area (Å²) in [6.45, 7) is 0.0142. The van der Waals surface area contributed by atoms with Gasteiger partial charge in [0.1, 0.15) is 0 Å². The minimum atomic E-state index is -2.84. The van der Waals surface area contributed by atoms with Crippen molar-refractivity contribution in [3.8, 4) is 0 Å². The first-order valence-corrected chi connectivity index (χ1v) is 8.49. The topological polar surface area (TPSA) is 83.6 Å². The molecule has 18 heavy (non-hydrogen) atoms. The average Bonchev–Trinajstić information content (AvgIpc) is 2.69. The van der Waals surface area contributed by atoms with Crippen molar-refractivity contribution in [1.82, 2.24) is 4.90 Å². The zero-order valence-electron chi connectivity index (χ0n) is 11.0. The molecule has 0 amide bonds. The van der Waals surface area contributed by atoms with Gasteiger partial charge in [0.05, 0.1) is 18.1 Å². The summed E-state index contributed by atoms with van der Waals surface area (Å²) >= 11 is 0. The maximum Gasteiger partial charge on any atom is 0.151 e. The minimum absolute atomic E-state index is 0.0142. The highest BCUT2D eigenvalue weighted by Crippen LogP contribution is 2.31. The molecule has 1 saturated heterocycles. The molecule has 3 unspecified atom stereocenters. The van der Waals surface area contributed by atoms with Crippen molar-refractivity contribution < 1.29 is 13.5 Å². The second-order valence-electron chi connectivity index (χ2n) is 5.99. The third-order valence-electron chi connectivity index (χ3n) is 4.53. The Morgan fingerprint density at radius 2 is 2.11 bits per heavy atom. The van der Waals surface area contributed by atoms with Crippen LogP contribution in [0, 0.1) is 0 Å². The van der Waals surface area contributed by atoms with E-state index < -0.39 is 15.4 Å². The smallest absolute Gasteiger partial charge is 0.151 e. The first kappa shape index (κ1) is 14.2. The van der Waals surface area contributed by atoms with Gasteiger partial charge in [-0.1, -0.05) is 0 Å². The maximum absolute atomic E-state index is 11.5. The van der Waals surface area contributed by atoms with Gasteiger partial charge in [0.15, 0.2) is 9.84 Å². The molecule has 3 N–H and O–H groups in total. The first-order chi connectivity index (χ1) is 8.35. The molecule has 106 valence electrons. The van der Waals surface area contributed by atoms with Gasteiger partial charge in [0, 0.05) is 17.6 Å². The van der Waals surface area contributed by atoms with Crippen LogP contribution in [0.15, 0.2) is 0 Å². The number of aliphatic hydroxyl groups is 1. The van der Waals surface area contributed by atoms with Crippen molar-refractivity contribution >= 4 is 9.84 Å². The van der Waals surface area contributed by atoms with Crippen LogP contribution in [0.3, 0.4) is 0 Å². The van der Waals surface area contributed by atoms with Crippen molar-refractivity contribution in [2.45, 2.75) is 49.7 Å². The zero-order valence-corrected chi connectivity index (χ0v) is 11.8. The Labute approximate surface area is 109 Å². The van der Waals surface area contributed by atoms with Crippen LogP contribution < -0.4 is 5.73 Å². The Hall–Kier alpha value is -0.170. The second-order valence-corrected chi connectivity index (χ2v) is 8.22. The van der Waals surface area contributed by atoms with E-state index in [-0.39, 0.29) is 18.4 Å². The lowest BCUT2D eigenvalue weighted by molar-refractivity contribution is 0.0779. The first-order valence-electron chi connectivity index (χ1n) is 6.67. The third kappa shape index (κ3) is 3.04. The van der Waals surface area contributed by atoms with E-state index in [1.54, 1.807) is 0 Å². The molecule has 0 aromatic carbocycles. The van der Waals surface area contributed by atoms with Crippen LogP contribution in [-0.2, 0) is 9.84 Å². The molecular formula is C12H24N2O3S. The SMILES string of the molecule is CN(C1CCCC(N)(CO)C1)C1CCS(=O)(=O)C1. The van der Waals surface area contributed by atoms with Gasteiger partial charge in [-0.2, -0.15) is 0 Å². The summed E-state index contributed by atoms with van der Waals surface area (Å²) in [7, 11) is -0.836. The van der Waals surface area contributed by atoms with Gasteiger partial charge < -0.3 is 10.8 Å². The second kappa shape index (κ2) is 5.07. The lowest BCUT2D eigenvalue weighted by atomic mass is 9.79. The van der Waals surface area contributed by atoms with E-state index in [0.717, 1.165) is 32.1 Å². The fourth-order valence-corrected chi connectivity index (χ4v) is 5.04. The Morgan fingerprint density at radius 3 is 2.67 bits per heavy atom. The summed E-state index contributed by atoms with van der Waals surface area (Å²) in [5.74, 6) is 0.583. The van der Waals surface area contributed by atoms with E-state index in [4.69, 9.17) is 5.73 Å². The van der Waals surface area contributed by atoms with Crippen molar-refractivity contribution in [2.75, 3.05) is 25.2 Å². The van der Waals surface area contributed by atoms with E-state index in [0.29, 0.717) is 11.8 Å². The molecule has 2 aliphatic rings. The highest BCUT2D eigenvalue weighted by Gasteiger charge is 2.38. The van der Waals surface area contributed by atoms with Crippen molar-refractivity contribution in [3.05, 3.63) is 0 Å². The molecule has 0 bridgehead atoms. The number of nitrogens with zero attached hydrogens (tertiary/aromatic N) is 1. The largest absolute Gasteiger partial charge is 0.394 e. The quantitative estimate of drug-likeness (QED) is 0.742. The van der Waals surface area contributed by atoms with Gasteiger partial charge in [-0.15, -0.1) is 0 Å². The normalized spacial score (nSPS) is 40.2. The summed E-state index contributed by atoms with van der Waals surface area (Å²) in [6.07, 6.45) is 4.40. The molecule has 0 aromatic rings. The maximum atomic E-state index is 11.5. The molecule has 0 spiro atoms. The predicted molar refractivity (Wildman–Crippen MR) is 71.1 cm³/mol. The third-order valence-corrected chi connectivity index (χ3v) is 6.28. The van der Waals surface area contributed by atoms with Crippen molar-refractivity contribution in [1.29, 1.82) is 0 Å². The molecule has 0 radical (unpaired) electrons. The molecule has 1 aliphatic heterocycles. The molecule has 3 atom stereocenters. The van der Waals surface area contributed by atoms with E-state index in [1.165, 1.54) is 0 Å². The van der Waals surface area contributed by atoms with Gasteiger partial charge in [0.2, 0.25) is 0 Å². The summed E-state index contributed by atoms with van der Waals surface area (Å²) < 4.78 is 23.0. The predicted octanol–water partition coefficient (Wildman–Crippen LogP) is -0.262. The van der Waals surface area contributed by atoms with E-state index in [2.05, 4.69) is 4.90 Å². The molecule has 2 rings (SSSR count). The van der Waals surface area contributed by atoms with Crippen LogP contribution in [0.25, 0.3) is 0 Å². The van der Waals surface area contributed by atoms with Crippen LogP contribution in [0.1, 0.15) is 32.1 Å². The van der Waals surface area contributed by atoms with E-state index in [9.17, 15) is 13.5 Å². The van der Waals surface area contributed by atoms with Crippen molar-refractivity contribution in [3.63, 3.8) is 0 Å². The number of aliphatic hydroxyl groups excluding tert-OH is 1. The van der Waals surface area contributed by atoms with Crippen LogP contribution in [0.2, 0.25) is 0 Å². The highest BCUT2D eigenvalue weighted by molar-refractivity contribution is 7.91. The highest BCUT2D eigenvalue weighted by atomic mass is 32.2. The average molecular weight is 276 g/mol. The molecule has 1 aliphatic carbocycles.